The summed E-state index contributed by atoms with van der Waals surface area (Å²) in [4.78, 5) is 49.2. The fraction of sp³-hybridized carbons (Fsp3) is 0.0833. The lowest BCUT2D eigenvalue weighted by molar-refractivity contribution is 0.0844. The number of halogens is 2. The van der Waals surface area contributed by atoms with Crippen LogP contribution in [0.3, 0.4) is 0 Å². The van der Waals surface area contributed by atoms with Crippen molar-refractivity contribution in [1.82, 2.24) is 21.7 Å². The Bertz CT molecular complexity index is 1210. The first-order valence-electron chi connectivity index (χ1n) is 10.2. The average Bonchev–Trinajstić information content (AvgIpc) is 2.89. The van der Waals surface area contributed by atoms with Crippen molar-refractivity contribution in [3.63, 3.8) is 0 Å². The predicted octanol–water partition coefficient (Wildman–Crippen LogP) is 3.38. The molecule has 0 radical (unpaired) electrons. The SMILES string of the molecule is COc1ccc(C(=O)NNC(=O)c2ccc(C(=O)NNC(=O)c3ccc(OC)c(Br)c3)cc2)cc1Br. The number of rotatable bonds is 6. The zero-order chi connectivity index (χ0) is 26.2. The van der Waals surface area contributed by atoms with Crippen LogP contribution in [-0.2, 0) is 0 Å². The van der Waals surface area contributed by atoms with Gasteiger partial charge in [-0.05, 0) is 92.5 Å². The number of carbonyl (C=O) groups is 4. The summed E-state index contributed by atoms with van der Waals surface area (Å²) in [7, 11) is 3.01. The van der Waals surface area contributed by atoms with Crippen LogP contribution in [0.1, 0.15) is 41.4 Å². The lowest BCUT2D eigenvalue weighted by Gasteiger charge is -2.10. The number of hydrogen-bond donors (Lipinski definition) is 4. The monoisotopic (exact) mass is 618 g/mol. The molecular weight excluding hydrogens is 600 g/mol. The fourth-order valence-electron chi connectivity index (χ4n) is 2.90. The Morgan fingerprint density at radius 1 is 0.528 bits per heavy atom. The number of methoxy groups -OCH3 is 2. The van der Waals surface area contributed by atoms with E-state index in [-0.39, 0.29) is 11.1 Å². The van der Waals surface area contributed by atoms with Gasteiger partial charge in [-0.1, -0.05) is 0 Å². The molecule has 36 heavy (non-hydrogen) atoms. The maximum absolute atomic E-state index is 12.3. The molecule has 0 aliphatic carbocycles. The van der Waals surface area contributed by atoms with Crippen LogP contribution in [0.25, 0.3) is 0 Å². The lowest BCUT2D eigenvalue weighted by Crippen LogP contribution is -2.42. The van der Waals surface area contributed by atoms with Gasteiger partial charge in [-0.15, -0.1) is 0 Å². The highest BCUT2D eigenvalue weighted by atomic mass is 79.9. The van der Waals surface area contributed by atoms with Crippen LogP contribution < -0.4 is 31.2 Å². The van der Waals surface area contributed by atoms with Crippen LogP contribution in [0, 0.1) is 0 Å². The second-order valence-electron chi connectivity index (χ2n) is 7.09. The molecule has 0 saturated carbocycles. The van der Waals surface area contributed by atoms with Gasteiger partial charge >= 0.3 is 0 Å². The van der Waals surface area contributed by atoms with Crippen LogP contribution in [0.4, 0.5) is 0 Å². The highest BCUT2D eigenvalue weighted by Crippen LogP contribution is 2.26. The molecule has 0 fully saturated rings. The summed E-state index contributed by atoms with van der Waals surface area (Å²) in [6, 6.07) is 15.1. The van der Waals surface area contributed by atoms with Crippen molar-refractivity contribution in [3.05, 3.63) is 91.9 Å². The molecule has 0 spiro atoms. The Hall–Kier alpha value is -3.90. The number of hydrogen-bond acceptors (Lipinski definition) is 6. The molecule has 0 aliphatic rings. The highest BCUT2D eigenvalue weighted by molar-refractivity contribution is 9.10. The minimum Gasteiger partial charge on any atom is -0.496 e. The lowest BCUT2D eigenvalue weighted by atomic mass is 10.1. The molecule has 3 rings (SSSR count). The summed E-state index contributed by atoms with van der Waals surface area (Å²) >= 11 is 6.59. The molecule has 3 aromatic carbocycles. The maximum atomic E-state index is 12.3. The van der Waals surface area contributed by atoms with E-state index in [2.05, 4.69) is 53.6 Å². The zero-order valence-corrected chi connectivity index (χ0v) is 22.2. The Morgan fingerprint density at radius 3 is 1.08 bits per heavy atom. The van der Waals surface area contributed by atoms with Crippen molar-refractivity contribution in [2.24, 2.45) is 0 Å². The van der Waals surface area contributed by atoms with Gasteiger partial charge in [-0.2, -0.15) is 0 Å². The molecule has 4 N–H and O–H groups in total. The van der Waals surface area contributed by atoms with E-state index in [1.165, 1.54) is 38.5 Å². The number of amides is 4. The minimum absolute atomic E-state index is 0.204. The summed E-state index contributed by atoms with van der Waals surface area (Å²) in [6.07, 6.45) is 0. The van der Waals surface area contributed by atoms with E-state index < -0.39 is 23.6 Å². The normalized spacial score (nSPS) is 10.1. The first kappa shape index (κ1) is 26.7. The molecule has 3 aromatic rings. The van der Waals surface area contributed by atoms with E-state index in [4.69, 9.17) is 9.47 Å². The van der Waals surface area contributed by atoms with Gasteiger partial charge in [0.25, 0.3) is 23.6 Å². The van der Waals surface area contributed by atoms with Crippen LogP contribution in [0.2, 0.25) is 0 Å². The second kappa shape index (κ2) is 12.2. The summed E-state index contributed by atoms with van der Waals surface area (Å²) in [5.41, 5.74) is 10.3. The van der Waals surface area contributed by atoms with Gasteiger partial charge in [0.1, 0.15) is 11.5 Å². The van der Waals surface area contributed by atoms with Gasteiger partial charge in [-0.3, -0.25) is 40.9 Å². The third-order valence-electron chi connectivity index (χ3n) is 4.82. The standard InChI is InChI=1S/C24H20Br2N4O6/c1-35-19-9-7-15(11-17(19)25)23(33)29-27-21(31)13-3-5-14(6-4-13)22(32)28-30-24(34)16-8-10-20(36-2)18(26)12-16/h3-12H,1-2H3,(H,27,31)(H,28,32)(H,29,33)(H,30,34). The third kappa shape index (κ3) is 6.61. The number of carbonyl (C=O) groups excluding carboxylic acids is 4. The number of nitrogens with one attached hydrogen (secondary N) is 4. The van der Waals surface area contributed by atoms with Crippen molar-refractivity contribution in [2.45, 2.75) is 0 Å². The number of hydrazine groups is 2. The van der Waals surface area contributed by atoms with Gasteiger partial charge in [-0.25, -0.2) is 0 Å². The molecule has 12 heteroatoms. The van der Waals surface area contributed by atoms with Crippen LogP contribution in [-0.4, -0.2) is 37.8 Å². The van der Waals surface area contributed by atoms with Crippen molar-refractivity contribution < 1.29 is 28.7 Å². The van der Waals surface area contributed by atoms with Crippen LogP contribution in [0.5, 0.6) is 11.5 Å². The van der Waals surface area contributed by atoms with Gasteiger partial charge in [0.15, 0.2) is 0 Å². The molecule has 0 atom stereocenters. The summed E-state index contributed by atoms with van der Waals surface area (Å²) in [5.74, 6) is -1.09. The van der Waals surface area contributed by atoms with Gasteiger partial charge in [0.2, 0.25) is 0 Å². The van der Waals surface area contributed by atoms with Gasteiger partial charge in [0, 0.05) is 22.3 Å². The smallest absolute Gasteiger partial charge is 0.269 e. The van der Waals surface area contributed by atoms with Crippen molar-refractivity contribution in [1.29, 1.82) is 0 Å². The number of ether oxygens (including phenoxy) is 2. The first-order valence-corrected chi connectivity index (χ1v) is 11.8. The topological polar surface area (TPSA) is 135 Å². The molecule has 0 saturated heterocycles. The molecule has 0 aliphatic heterocycles. The van der Waals surface area contributed by atoms with Crippen LogP contribution in [0.15, 0.2) is 69.6 Å². The van der Waals surface area contributed by atoms with E-state index in [9.17, 15) is 19.2 Å². The number of benzene rings is 3. The molecule has 186 valence electrons. The first-order chi connectivity index (χ1) is 17.2. The van der Waals surface area contributed by atoms with Crippen molar-refractivity contribution >= 4 is 55.5 Å². The molecule has 10 nitrogen and oxygen atoms in total. The van der Waals surface area contributed by atoms with E-state index in [0.717, 1.165) is 0 Å². The molecule has 0 unspecified atom stereocenters. The Kier molecular flexibility index (Phi) is 9.03. The Morgan fingerprint density at radius 2 is 0.806 bits per heavy atom. The van der Waals surface area contributed by atoms with E-state index >= 15 is 0 Å². The molecular formula is C24H20Br2N4O6. The minimum atomic E-state index is -0.582. The van der Waals surface area contributed by atoms with E-state index in [1.54, 1.807) is 36.4 Å². The molecule has 4 amide bonds. The quantitative estimate of drug-likeness (QED) is 0.313. The largest absolute Gasteiger partial charge is 0.496 e. The van der Waals surface area contributed by atoms with E-state index in [1.807, 2.05) is 0 Å². The van der Waals surface area contributed by atoms with Gasteiger partial charge in [0.05, 0.1) is 23.2 Å². The fourth-order valence-corrected chi connectivity index (χ4v) is 3.99. The zero-order valence-electron chi connectivity index (χ0n) is 19.0. The second-order valence-corrected chi connectivity index (χ2v) is 8.80. The van der Waals surface area contributed by atoms with Crippen molar-refractivity contribution in [2.75, 3.05) is 14.2 Å². The van der Waals surface area contributed by atoms with Crippen LogP contribution >= 0.6 is 31.9 Å². The predicted molar refractivity (Wildman–Crippen MR) is 138 cm³/mol. The highest BCUT2D eigenvalue weighted by Gasteiger charge is 2.14. The van der Waals surface area contributed by atoms with E-state index in [0.29, 0.717) is 31.6 Å². The summed E-state index contributed by atoms with van der Waals surface area (Å²) < 4.78 is 11.4. The maximum Gasteiger partial charge on any atom is 0.269 e. The molecule has 0 aromatic heterocycles. The third-order valence-corrected chi connectivity index (χ3v) is 6.06. The average molecular weight is 620 g/mol. The summed E-state index contributed by atoms with van der Waals surface area (Å²) in [5, 5.41) is 0. The Labute approximate surface area is 222 Å². The summed E-state index contributed by atoms with van der Waals surface area (Å²) in [6.45, 7) is 0. The molecule has 0 bridgehead atoms. The van der Waals surface area contributed by atoms with Gasteiger partial charge < -0.3 is 9.47 Å². The van der Waals surface area contributed by atoms with Crippen molar-refractivity contribution in [3.8, 4) is 11.5 Å². The molecule has 0 heterocycles. The Balaban J connectivity index is 1.52.